The van der Waals surface area contributed by atoms with Crippen molar-refractivity contribution in [3.8, 4) is 11.3 Å². The Labute approximate surface area is 211 Å². The summed E-state index contributed by atoms with van der Waals surface area (Å²) < 4.78 is 55.8. The molecule has 3 aromatic carbocycles. The Morgan fingerprint density at radius 1 is 0.919 bits per heavy atom. The van der Waals surface area contributed by atoms with Crippen LogP contribution < -0.4 is 5.32 Å². The first-order valence-corrected chi connectivity index (χ1v) is 11.9. The first-order chi connectivity index (χ1) is 17.8. The van der Waals surface area contributed by atoms with Crippen LogP contribution in [0.25, 0.3) is 11.3 Å². The number of anilines is 2. The summed E-state index contributed by atoms with van der Waals surface area (Å²) in [6.07, 6.45) is 0.277. The van der Waals surface area contributed by atoms with Crippen molar-refractivity contribution in [1.82, 2.24) is 14.5 Å². The smallest absolute Gasteiger partial charge is 0.226 e. The van der Waals surface area contributed by atoms with Gasteiger partial charge in [0.05, 0.1) is 6.54 Å². The molecule has 5 nitrogen and oxygen atoms in total. The third kappa shape index (κ3) is 5.21. The maximum absolute atomic E-state index is 13.6. The fraction of sp³-hybridized carbons (Fsp3) is 0.214. The van der Waals surface area contributed by atoms with E-state index in [9.17, 15) is 22.4 Å². The van der Waals surface area contributed by atoms with E-state index in [1.165, 1.54) is 30.3 Å². The van der Waals surface area contributed by atoms with Crippen molar-refractivity contribution in [1.29, 1.82) is 0 Å². The first-order valence-electron chi connectivity index (χ1n) is 11.9. The molecule has 1 aromatic heterocycles. The maximum Gasteiger partial charge on any atom is 0.226 e. The van der Waals surface area contributed by atoms with E-state index in [4.69, 9.17) is 4.98 Å². The lowest BCUT2D eigenvalue weighted by molar-refractivity contribution is -0.136. The van der Waals surface area contributed by atoms with Crippen LogP contribution >= 0.6 is 0 Å². The Bertz CT molecular complexity index is 1430. The lowest BCUT2D eigenvalue weighted by Gasteiger charge is -2.30. The minimum absolute atomic E-state index is 0.115. The Kier molecular flexibility index (Phi) is 6.69. The van der Waals surface area contributed by atoms with E-state index < -0.39 is 17.6 Å². The predicted molar refractivity (Wildman–Crippen MR) is 132 cm³/mol. The Balaban J connectivity index is 1.40. The number of nitrogens with one attached hydrogen (secondary N) is 1. The highest BCUT2D eigenvalue weighted by atomic mass is 19.2. The van der Waals surface area contributed by atoms with Gasteiger partial charge >= 0.3 is 0 Å². The number of nitrogens with zero attached hydrogens (tertiary/aromatic N) is 3. The van der Waals surface area contributed by atoms with E-state index in [-0.39, 0.29) is 30.5 Å². The number of amides is 1. The number of fused-ring (bicyclic) bond motifs is 1. The SMILES string of the molecule is CC(Cc1ccc(F)c(F)c1)C(=O)N1CCn2c(nc(-c3ccc(F)cc3)c2Nc2ccc(F)cc2)C1. The van der Waals surface area contributed by atoms with Crippen molar-refractivity contribution < 1.29 is 22.4 Å². The molecule has 1 aliphatic rings. The molecule has 0 radical (unpaired) electrons. The highest BCUT2D eigenvalue weighted by Crippen LogP contribution is 2.33. The van der Waals surface area contributed by atoms with Crippen molar-refractivity contribution in [3.63, 3.8) is 0 Å². The number of carbonyl (C=O) groups excluding carboxylic acids is 1. The first kappa shape index (κ1) is 24.5. The highest BCUT2D eigenvalue weighted by Gasteiger charge is 2.29. The molecular weight excluding hydrogens is 484 g/mol. The predicted octanol–water partition coefficient (Wildman–Crippen LogP) is 6.07. The zero-order valence-electron chi connectivity index (χ0n) is 20.0. The number of rotatable bonds is 6. The van der Waals surface area contributed by atoms with Crippen LogP contribution in [0.3, 0.4) is 0 Å². The molecular formula is C28H24F4N4O. The summed E-state index contributed by atoms with van der Waals surface area (Å²) in [7, 11) is 0. The Morgan fingerprint density at radius 2 is 1.59 bits per heavy atom. The van der Waals surface area contributed by atoms with Gasteiger partial charge in [0.15, 0.2) is 11.6 Å². The molecule has 1 atom stereocenters. The second-order valence-corrected chi connectivity index (χ2v) is 9.13. The van der Waals surface area contributed by atoms with Gasteiger partial charge in [-0.05, 0) is 72.6 Å². The largest absolute Gasteiger partial charge is 0.340 e. The van der Waals surface area contributed by atoms with Crippen LogP contribution in [0.15, 0.2) is 66.7 Å². The number of imidazole rings is 1. The van der Waals surface area contributed by atoms with Gasteiger partial charge in [-0.25, -0.2) is 22.5 Å². The second kappa shape index (κ2) is 10.1. The van der Waals surface area contributed by atoms with Crippen molar-refractivity contribution in [2.75, 3.05) is 11.9 Å². The van der Waals surface area contributed by atoms with Crippen LogP contribution in [-0.4, -0.2) is 26.9 Å². The van der Waals surface area contributed by atoms with Crippen LogP contribution in [0.1, 0.15) is 18.3 Å². The molecule has 0 spiro atoms. The number of carbonyl (C=O) groups is 1. The van der Waals surface area contributed by atoms with Gasteiger partial charge in [-0.1, -0.05) is 13.0 Å². The van der Waals surface area contributed by atoms with Crippen LogP contribution in [0.5, 0.6) is 0 Å². The fourth-order valence-electron chi connectivity index (χ4n) is 4.54. The van der Waals surface area contributed by atoms with Crippen LogP contribution in [-0.2, 0) is 24.3 Å². The van der Waals surface area contributed by atoms with Crippen molar-refractivity contribution in [3.05, 3.63) is 101 Å². The molecule has 0 fully saturated rings. The third-order valence-corrected chi connectivity index (χ3v) is 6.46. The van der Waals surface area contributed by atoms with E-state index >= 15 is 0 Å². The monoisotopic (exact) mass is 508 g/mol. The molecule has 2 heterocycles. The van der Waals surface area contributed by atoms with Crippen molar-refractivity contribution in [2.24, 2.45) is 5.92 Å². The molecule has 0 bridgehead atoms. The minimum Gasteiger partial charge on any atom is -0.340 e. The van der Waals surface area contributed by atoms with E-state index in [1.54, 1.807) is 36.1 Å². The lowest BCUT2D eigenvalue weighted by Crippen LogP contribution is -2.41. The third-order valence-electron chi connectivity index (χ3n) is 6.46. The molecule has 190 valence electrons. The summed E-state index contributed by atoms with van der Waals surface area (Å²) in [5, 5.41) is 3.30. The molecule has 1 N–H and O–H groups in total. The van der Waals surface area contributed by atoms with Gasteiger partial charge < -0.3 is 14.8 Å². The zero-order chi connectivity index (χ0) is 26.1. The van der Waals surface area contributed by atoms with E-state index in [0.29, 0.717) is 47.2 Å². The summed E-state index contributed by atoms with van der Waals surface area (Å²) >= 11 is 0. The molecule has 1 aliphatic heterocycles. The molecule has 1 unspecified atom stereocenters. The molecule has 4 aromatic rings. The molecule has 1 amide bonds. The quantitative estimate of drug-likeness (QED) is 0.322. The summed E-state index contributed by atoms with van der Waals surface area (Å²) in [6.45, 7) is 2.89. The number of benzene rings is 3. The van der Waals surface area contributed by atoms with Gasteiger partial charge in [0.25, 0.3) is 0 Å². The van der Waals surface area contributed by atoms with Gasteiger partial charge in [-0.3, -0.25) is 4.79 Å². The molecule has 0 aliphatic carbocycles. The Morgan fingerprint density at radius 3 is 2.27 bits per heavy atom. The van der Waals surface area contributed by atoms with Crippen molar-refractivity contribution in [2.45, 2.75) is 26.4 Å². The standard InChI is InChI=1S/C28H24F4N4O/c1-17(14-18-2-11-23(31)24(32)15-18)28(37)35-12-13-36-25(16-35)34-26(19-3-5-20(29)6-4-19)27(36)33-22-9-7-21(30)8-10-22/h2-11,15,17,33H,12-14,16H2,1H3. The van der Waals surface area contributed by atoms with Crippen LogP contribution in [0.2, 0.25) is 0 Å². The van der Waals surface area contributed by atoms with E-state index in [0.717, 1.165) is 12.1 Å². The van der Waals surface area contributed by atoms with E-state index in [2.05, 4.69) is 5.32 Å². The zero-order valence-corrected chi connectivity index (χ0v) is 20.0. The van der Waals surface area contributed by atoms with Crippen LogP contribution in [0.4, 0.5) is 29.1 Å². The van der Waals surface area contributed by atoms with E-state index in [1.807, 2.05) is 4.57 Å². The maximum atomic E-state index is 13.6. The highest BCUT2D eigenvalue weighted by molar-refractivity contribution is 5.80. The summed E-state index contributed by atoms with van der Waals surface area (Å²) in [5.41, 5.74) is 2.48. The molecule has 5 rings (SSSR count). The number of hydrogen-bond acceptors (Lipinski definition) is 3. The number of halogens is 4. The fourth-order valence-corrected chi connectivity index (χ4v) is 4.54. The van der Waals surface area contributed by atoms with Gasteiger partial charge in [0.1, 0.15) is 29.0 Å². The average molecular weight is 509 g/mol. The summed E-state index contributed by atoms with van der Waals surface area (Å²) in [6, 6.07) is 15.5. The normalized spacial score (nSPS) is 13.8. The lowest BCUT2D eigenvalue weighted by atomic mass is 9.99. The van der Waals surface area contributed by atoms with Gasteiger partial charge in [0.2, 0.25) is 5.91 Å². The minimum atomic E-state index is -0.938. The van der Waals surface area contributed by atoms with Gasteiger partial charge in [-0.2, -0.15) is 0 Å². The Hall–Kier alpha value is -4.14. The molecule has 37 heavy (non-hydrogen) atoms. The topological polar surface area (TPSA) is 50.2 Å². The average Bonchev–Trinajstić information content (AvgIpc) is 3.25. The molecule has 0 saturated carbocycles. The van der Waals surface area contributed by atoms with Gasteiger partial charge in [0, 0.05) is 30.3 Å². The molecule has 0 saturated heterocycles. The summed E-state index contributed by atoms with van der Waals surface area (Å²) in [4.78, 5) is 19.7. The number of aromatic nitrogens is 2. The molecule has 9 heteroatoms. The number of hydrogen-bond donors (Lipinski definition) is 1. The van der Waals surface area contributed by atoms with Gasteiger partial charge in [-0.15, -0.1) is 0 Å². The summed E-state index contributed by atoms with van der Waals surface area (Å²) in [5.74, 6) is -1.84. The second-order valence-electron chi connectivity index (χ2n) is 9.13. The van der Waals surface area contributed by atoms with Crippen LogP contribution in [0, 0.1) is 29.2 Å². The van der Waals surface area contributed by atoms with Crippen molar-refractivity contribution >= 4 is 17.4 Å².